The van der Waals surface area contributed by atoms with E-state index in [-0.39, 0.29) is 18.7 Å². The van der Waals surface area contributed by atoms with E-state index in [1.807, 2.05) is 0 Å². The number of hydrogen-bond donors (Lipinski definition) is 1. The summed E-state index contributed by atoms with van der Waals surface area (Å²) in [5, 5.41) is 2.11. The molecular formula is C20H17FN2O5. The Morgan fingerprint density at radius 2 is 1.75 bits per heavy atom. The molecule has 2 aromatic rings. The zero-order valence-corrected chi connectivity index (χ0v) is 14.8. The van der Waals surface area contributed by atoms with Crippen LogP contribution in [0.15, 0.2) is 54.6 Å². The number of para-hydroxylation sites is 1. The van der Waals surface area contributed by atoms with Crippen molar-refractivity contribution in [2.75, 3.05) is 18.1 Å². The van der Waals surface area contributed by atoms with Gasteiger partial charge in [0, 0.05) is 18.5 Å². The number of benzene rings is 2. The lowest BCUT2D eigenvalue weighted by molar-refractivity contribution is -0.152. The van der Waals surface area contributed by atoms with E-state index in [2.05, 4.69) is 5.32 Å². The number of rotatable bonds is 5. The molecule has 3 amide bonds. The van der Waals surface area contributed by atoms with Crippen molar-refractivity contribution in [2.45, 2.75) is 6.42 Å². The van der Waals surface area contributed by atoms with E-state index in [0.29, 0.717) is 5.56 Å². The molecule has 0 aromatic heterocycles. The van der Waals surface area contributed by atoms with Crippen LogP contribution in [0.3, 0.4) is 0 Å². The van der Waals surface area contributed by atoms with Crippen molar-refractivity contribution in [1.82, 2.24) is 5.32 Å². The second-order valence-electron chi connectivity index (χ2n) is 6.21. The van der Waals surface area contributed by atoms with Gasteiger partial charge in [0.2, 0.25) is 5.91 Å². The lowest BCUT2D eigenvalue weighted by Gasteiger charge is -2.17. The summed E-state index contributed by atoms with van der Waals surface area (Å²) in [6, 6.07) is 13.9. The molecule has 0 saturated carbocycles. The fourth-order valence-electron chi connectivity index (χ4n) is 2.85. The van der Waals surface area contributed by atoms with Gasteiger partial charge in [-0.15, -0.1) is 0 Å². The maximum absolute atomic E-state index is 13.9. The third-order valence-electron chi connectivity index (χ3n) is 4.24. The molecule has 2 aromatic carbocycles. The predicted octanol–water partition coefficient (Wildman–Crippen LogP) is 1.68. The number of carbonyl (C=O) groups excluding carboxylic acids is 4. The van der Waals surface area contributed by atoms with Crippen LogP contribution in [0, 0.1) is 11.7 Å². The Hall–Kier alpha value is -3.55. The number of nitrogens with zero attached hydrogens (tertiary/aromatic N) is 1. The molecule has 1 atom stereocenters. The van der Waals surface area contributed by atoms with Gasteiger partial charge >= 0.3 is 5.97 Å². The minimum atomic E-state index is -0.815. The molecule has 0 aliphatic carbocycles. The summed E-state index contributed by atoms with van der Waals surface area (Å²) in [6.45, 7) is -0.690. The maximum atomic E-state index is 13.9. The van der Waals surface area contributed by atoms with E-state index in [1.165, 1.54) is 35.2 Å². The highest BCUT2D eigenvalue weighted by molar-refractivity contribution is 6.05. The first-order chi connectivity index (χ1) is 13.5. The van der Waals surface area contributed by atoms with E-state index in [9.17, 15) is 23.6 Å². The van der Waals surface area contributed by atoms with Gasteiger partial charge in [0.15, 0.2) is 6.61 Å². The fourth-order valence-corrected chi connectivity index (χ4v) is 2.85. The molecule has 1 fully saturated rings. The molecule has 7 nitrogen and oxygen atoms in total. The number of ether oxygens (including phenoxy) is 1. The van der Waals surface area contributed by atoms with Gasteiger partial charge < -0.3 is 9.64 Å². The summed E-state index contributed by atoms with van der Waals surface area (Å²) < 4.78 is 18.8. The predicted molar refractivity (Wildman–Crippen MR) is 96.7 cm³/mol. The summed E-state index contributed by atoms with van der Waals surface area (Å²) in [7, 11) is 0. The Morgan fingerprint density at radius 3 is 2.46 bits per heavy atom. The topological polar surface area (TPSA) is 92.8 Å². The molecule has 0 spiro atoms. The minimum absolute atomic E-state index is 0.0385. The van der Waals surface area contributed by atoms with Crippen LogP contribution in [0.25, 0.3) is 0 Å². The number of hydrogen-bond acceptors (Lipinski definition) is 5. The molecule has 0 radical (unpaired) electrons. The smallest absolute Gasteiger partial charge is 0.311 e. The molecule has 28 heavy (non-hydrogen) atoms. The molecule has 0 bridgehead atoms. The fraction of sp³-hybridized carbons (Fsp3) is 0.200. The molecule has 1 aliphatic heterocycles. The first-order valence-electron chi connectivity index (χ1n) is 8.56. The first kappa shape index (κ1) is 19.2. The summed E-state index contributed by atoms with van der Waals surface area (Å²) in [5.74, 6) is -3.93. The Labute approximate surface area is 160 Å². The number of nitrogens with one attached hydrogen (secondary N) is 1. The van der Waals surface area contributed by atoms with Crippen LogP contribution < -0.4 is 10.2 Å². The third-order valence-corrected chi connectivity index (χ3v) is 4.24. The van der Waals surface area contributed by atoms with Crippen molar-refractivity contribution in [3.8, 4) is 0 Å². The van der Waals surface area contributed by atoms with Crippen molar-refractivity contribution in [3.05, 3.63) is 66.0 Å². The van der Waals surface area contributed by atoms with Crippen molar-refractivity contribution in [1.29, 1.82) is 0 Å². The number of carbonyl (C=O) groups is 4. The van der Waals surface area contributed by atoms with Crippen LogP contribution >= 0.6 is 0 Å². The van der Waals surface area contributed by atoms with E-state index in [0.717, 1.165) is 0 Å². The van der Waals surface area contributed by atoms with Gasteiger partial charge in [-0.1, -0.05) is 30.3 Å². The molecule has 1 heterocycles. The van der Waals surface area contributed by atoms with Gasteiger partial charge in [0.05, 0.1) is 11.6 Å². The summed E-state index contributed by atoms with van der Waals surface area (Å²) in [5.41, 5.74) is 0.387. The largest absolute Gasteiger partial charge is 0.455 e. The van der Waals surface area contributed by atoms with Gasteiger partial charge in [-0.2, -0.15) is 0 Å². The molecular weight excluding hydrogens is 367 g/mol. The molecule has 144 valence electrons. The minimum Gasteiger partial charge on any atom is -0.455 e. The second-order valence-corrected chi connectivity index (χ2v) is 6.21. The van der Waals surface area contributed by atoms with Crippen molar-refractivity contribution >= 4 is 29.4 Å². The Morgan fingerprint density at radius 1 is 1.07 bits per heavy atom. The lowest BCUT2D eigenvalue weighted by atomic mass is 10.1. The summed E-state index contributed by atoms with van der Waals surface area (Å²) in [4.78, 5) is 49.1. The van der Waals surface area contributed by atoms with E-state index in [4.69, 9.17) is 4.74 Å². The van der Waals surface area contributed by atoms with Gasteiger partial charge in [-0.3, -0.25) is 24.5 Å². The Balaban J connectivity index is 1.51. The second kappa shape index (κ2) is 8.43. The number of anilines is 1. The highest BCUT2D eigenvalue weighted by atomic mass is 19.1. The van der Waals surface area contributed by atoms with E-state index in [1.54, 1.807) is 24.3 Å². The van der Waals surface area contributed by atoms with Gasteiger partial charge in [0.1, 0.15) is 5.82 Å². The zero-order valence-electron chi connectivity index (χ0n) is 14.8. The van der Waals surface area contributed by atoms with Crippen LogP contribution in [-0.2, 0) is 19.1 Å². The van der Waals surface area contributed by atoms with Gasteiger partial charge in [-0.05, 0) is 24.3 Å². The van der Waals surface area contributed by atoms with Crippen molar-refractivity contribution < 1.29 is 28.3 Å². The third kappa shape index (κ3) is 4.40. The van der Waals surface area contributed by atoms with E-state index < -0.39 is 42.0 Å². The summed E-state index contributed by atoms with van der Waals surface area (Å²) >= 11 is 0. The van der Waals surface area contributed by atoms with Gasteiger partial charge in [-0.25, -0.2) is 4.39 Å². The first-order valence-corrected chi connectivity index (χ1v) is 8.56. The maximum Gasteiger partial charge on any atom is 0.311 e. The molecule has 1 aliphatic rings. The quantitative estimate of drug-likeness (QED) is 0.792. The lowest BCUT2D eigenvalue weighted by Crippen LogP contribution is -2.35. The Bertz CT molecular complexity index is 916. The van der Waals surface area contributed by atoms with Gasteiger partial charge in [0.25, 0.3) is 11.8 Å². The highest BCUT2D eigenvalue weighted by Crippen LogP contribution is 2.27. The number of halogens is 1. The molecule has 0 unspecified atom stereocenters. The van der Waals surface area contributed by atoms with Crippen LogP contribution in [0.4, 0.5) is 10.1 Å². The molecule has 1 saturated heterocycles. The standard InChI is InChI=1S/C20H17FN2O5/c21-15-8-4-5-9-16(15)23-11-14(10-18(23)25)20(27)28-12-17(24)22-19(26)13-6-2-1-3-7-13/h1-9,14H,10-12H2,(H,22,24,26)/t14-/m1/s1. The van der Waals surface area contributed by atoms with Crippen LogP contribution in [0.2, 0.25) is 0 Å². The van der Waals surface area contributed by atoms with Crippen molar-refractivity contribution in [2.24, 2.45) is 5.92 Å². The average molecular weight is 384 g/mol. The Kier molecular flexibility index (Phi) is 5.78. The number of imide groups is 1. The van der Waals surface area contributed by atoms with Crippen LogP contribution in [-0.4, -0.2) is 36.8 Å². The summed E-state index contributed by atoms with van der Waals surface area (Å²) in [6.07, 6.45) is -0.141. The number of amides is 3. The zero-order chi connectivity index (χ0) is 20.1. The molecule has 8 heteroatoms. The molecule has 1 N–H and O–H groups in total. The average Bonchev–Trinajstić information content (AvgIpc) is 3.08. The number of esters is 1. The SMILES string of the molecule is O=C(COC(=O)[C@@H]1CC(=O)N(c2ccccc2F)C1)NC(=O)c1ccccc1. The highest BCUT2D eigenvalue weighted by Gasteiger charge is 2.37. The van der Waals surface area contributed by atoms with Crippen molar-refractivity contribution in [3.63, 3.8) is 0 Å². The van der Waals surface area contributed by atoms with Crippen LogP contribution in [0.1, 0.15) is 16.8 Å². The normalized spacial score (nSPS) is 16.0. The van der Waals surface area contributed by atoms with E-state index >= 15 is 0 Å². The monoisotopic (exact) mass is 384 g/mol. The van der Waals surface area contributed by atoms with Crippen LogP contribution in [0.5, 0.6) is 0 Å². The molecule has 3 rings (SSSR count).